The van der Waals surface area contributed by atoms with E-state index in [9.17, 15) is 10.1 Å². The summed E-state index contributed by atoms with van der Waals surface area (Å²) < 4.78 is 5.71. The summed E-state index contributed by atoms with van der Waals surface area (Å²) in [5.41, 5.74) is 2.90. The van der Waals surface area contributed by atoms with E-state index in [1.165, 1.54) is 12.1 Å². The number of nitro benzene ring substituents is 1. The molecule has 0 atom stereocenters. The number of hydrogen-bond donors (Lipinski definition) is 1. The van der Waals surface area contributed by atoms with Crippen molar-refractivity contribution in [2.75, 3.05) is 0 Å². The van der Waals surface area contributed by atoms with E-state index in [4.69, 9.17) is 4.74 Å². The third kappa shape index (κ3) is 3.05. The smallest absolute Gasteiger partial charge is 0.269 e. The lowest BCUT2D eigenvalue weighted by Gasteiger charge is -2.06. The van der Waals surface area contributed by atoms with E-state index >= 15 is 0 Å². The number of imidazole rings is 1. The van der Waals surface area contributed by atoms with Crippen LogP contribution < -0.4 is 4.74 Å². The fraction of sp³-hybridized carbons (Fsp3) is 0. The molecule has 1 aromatic heterocycles. The summed E-state index contributed by atoms with van der Waals surface area (Å²) >= 11 is 0. The van der Waals surface area contributed by atoms with Crippen molar-refractivity contribution in [3.05, 3.63) is 82.9 Å². The molecule has 25 heavy (non-hydrogen) atoms. The summed E-state index contributed by atoms with van der Waals surface area (Å²) in [6.45, 7) is 0. The molecule has 1 N–H and O–H groups in total. The van der Waals surface area contributed by atoms with Crippen molar-refractivity contribution in [2.24, 2.45) is 0 Å². The highest BCUT2D eigenvalue weighted by Gasteiger charge is 2.07. The van der Waals surface area contributed by atoms with Crippen LogP contribution >= 0.6 is 0 Å². The van der Waals surface area contributed by atoms with Gasteiger partial charge in [0.15, 0.2) is 0 Å². The Morgan fingerprint density at radius 3 is 2.16 bits per heavy atom. The Bertz CT molecular complexity index is 1000. The van der Waals surface area contributed by atoms with Gasteiger partial charge in [0.2, 0.25) is 0 Å². The Balaban J connectivity index is 1.54. The number of non-ortho nitro benzene ring substituents is 1. The molecule has 0 aliphatic carbocycles. The number of aromatic nitrogens is 2. The summed E-state index contributed by atoms with van der Waals surface area (Å²) in [5, 5.41) is 10.7. The lowest BCUT2D eigenvalue weighted by Crippen LogP contribution is -1.88. The first-order valence-electron chi connectivity index (χ1n) is 7.66. The quantitative estimate of drug-likeness (QED) is 0.424. The number of fused-ring (bicyclic) bond motifs is 1. The summed E-state index contributed by atoms with van der Waals surface area (Å²) in [5.74, 6) is 1.99. The first kappa shape index (κ1) is 14.9. The van der Waals surface area contributed by atoms with Gasteiger partial charge in [0.25, 0.3) is 5.69 Å². The maximum Gasteiger partial charge on any atom is 0.269 e. The van der Waals surface area contributed by atoms with E-state index in [0.29, 0.717) is 11.5 Å². The Hall–Kier alpha value is -3.67. The molecule has 4 rings (SSSR count). The largest absolute Gasteiger partial charge is 0.457 e. The maximum atomic E-state index is 10.7. The van der Waals surface area contributed by atoms with Gasteiger partial charge in [-0.25, -0.2) is 4.98 Å². The zero-order chi connectivity index (χ0) is 17.2. The van der Waals surface area contributed by atoms with Gasteiger partial charge in [0, 0.05) is 17.7 Å². The van der Waals surface area contributed by atoms with Gasteiger partial charge in [-0.2, -0.15) is 0 Å². The second-order valence-electron chi connectivity index (χ2n) is 5.48. The molecular formula is C19H13N3O3. The Labute approximate surface area is 142 Å². The first-order chi connectivity index (χ1) is 12.2. The van der Waals surface area contributed by atoms with Crippen molar-refractivity contribution in [3.63, 3.8) is 0 Å². The van der Waals surface area contributed by atoms with E-state index in [0.717, 1.165) is 22.4 Å². The number of nitrogens with zero attached hydrogens (tertiary/aromatic N) is 2. The molecule has 0 radical (unpaired) electrons. The van der Waals surface area contributed by atoms with Crippen LogP contribution in [0, 0.1) is 10.1 Å². The first-order valence-corrected chi connectivity index (χ1v) is 7.66. The van der Waals surface area contributed by atoms with E-state index in [1.807, 2.05) is 48.5 Å². The van der Waals surface area contributed by atoms with E-state index in [-0.39, 0.29) is 5.69 Å². The van der Waals surface area contributed by atoms with Crippen molar-refractivity contribution < 1.29 is 9.66 Å². The zero-order valence-electron chi connectivity index (χ0n) is 13.0. The monoisotopic (exact) mass is 331 g/mol. The van der Waals surface area contributed by atoms with Crippen molar-refractivity contribution in [1.29, 1.82) is 0 Å². The molecule has 0 unspecified atom stereocenters. The third-order valence-corrected chi connectivity index (χ3v) is 3.80. The number of H-pyrrole nitrogens is 1. The highest BCUT2D eigenvalue weighted by molar-refractivity contribution is 5.79. The van der Waals surface area contributed by atoms with Gasteiger partial charge in [-0.3, -0.25) is 10.1 Å². The van der Waals surface area contributed by atoms with Crippen LogP contribution in [0.5, 0.6) is 11.5 Å². The summed E-state index contributed by atoms with van der Waals surface area (Å²) in [6, 6.07) is 21.3. The van der Waals surface area contributed by atoms with Gasteiger partial charge in [-0.1, -0.05) is 12.1 Å². The van der Waals surface area contributed by atoms with Gasteiger partial charge in [0.05, 0.1) is 16.0 Å². The number of benzene rings is 3. The second kappa shape index (κ2) is 6.09. The summed E-state index contributed by atoms with van der Waals surface area (Å²) in [4.78, 5) is 18.1. The number of aromatic amines is 1. The van der Waals surface area contributed by atoms with Crippen LogP contribution in [-0.4, -0.2) is 14.9 Å². The van der Waals surface area contributed by atoms with Crippen LogP contribution in [0.1, 0.15) is 0 Å². The molecule has 122 valence electrons. The average molecular weight is 331 g/mol. The molecular weight excluding hydrogens is 318 g/mol. The van der Waals surface area contributed by atoms with Crippen LogP contribution in [0.3, 0.4) is 0 Å². The normalized spacial score (nSPS) is 10.7. The van der Waals surface area contributed by atoms with Gasteiger partial charge < -0.3 is 9.72 Å². The van der Waals surface area contributed by atoms with E-state index < -0.39 is 4.92 Å². The molecule has 0 aliphatic heterocycles. The van der Waals surface area contributed by atoms with Crippen LogP contribution in [0.2, 0.25) is 0 Å². The van der Waals surface area contributed by atoms with Crippen molar-refractivity contribution in [3.8, 4) is 22.9 Å². The molecule has 0 saturated heterocycles. The SMILES string of the molecule is O=[N+]([O-])c1ccc(Oc2ccc(-c3nc4ccccc4[nH]3)cc2)cc1. The molecule has 0 aliphatic rings. The number of nitrogens with one attached hydrogen (secondary N) is 1. The van der Waals surface area contributed by atoms with E-state index in [2.05, 4.69) is 9.97 Å². The van der Waals surface area contributed by atoms with Crippen molar-refractivity contribution in [1.82, 2.24) is 9.97 Å². The minimum Gasteiger partial charge on any atom is -0.457 e. The van der Waals surface area contributed by atoms with Crippen LogP contribution in [0.4, 0.5) is 5.69 Å². The van der Waals surface area contributed by atoms with Gasteiger partial charge in [-0.15, -0.1) is 0 Å². The molecule has 1 heterocycles. The van der Waals surface area contributed by atoms with E-state index in [1.54, 1.807) is 12.1 Å². The number of hydrogen-bond acceptors (Lipinski definition) is 4. The zero-order valence-corrected chi connectivity index (χ0v) is 13.0. The van der Waals surface area contributed by atoms with Crippen LogP contribution in [0.15, 0.2) is 72.8 Å². The fourth-order valence-corrected chi connectivity index (χ4v) is 2.54. The molecule has 0 amide bonds. The van der Waals surface area contributed by atoms with Gasteiger partial charge in [0.1, 0.15) is 17.3 Å². The van der Waals surface area contributed by atoms with Crippen LogP contribution in [-0.2, 0) is 0 Å². The molecule has 0 fully saturated rings. The Morgan fingerprint density at radius 1 is 0.880 bits per heavy atom. The fourth-order valence-electron chi connectivity index (χ4n) is 2.54. The molecule has 4 aromatic rings. The minimum atomic E-state index is -0.439. The summed E-state index contributed by atoms with van der Waals surface area (Å²) in [6.07, 6.45) is 0. The number of nitro groups is 1. The predicted molar refractivity (Wildman–Crippen MR) is 94.7 cm³/mol. The topological polar surface area (TPSA) is 81.1 Å². The van der Waals surface area contributed by atoms with Crippen molar-refractivity contribution >= 4 is 16.7 Å². The Kier molecular flexibility index (Phi) is 3.63. The molecule has 0 spiro atoms. The highest BCUT2D eigenvalue weighted by atomic mass is 16.6. The second-order valence-corrected chi connectivity index (χ2v) is 5.48. The predicted octanol–water partition coefficient (Wildman–Crippen LogP) is 4.93. The molecule has 6 nitrogen and oxygen atoms in total. The lowest BCUT2D eigenvalue weighted by molar-refractivity contribution is -0.384. The average Bonchev–Trinajstić information content (AvgIpc) is 3.07. The molecule has 3 aromatic carbocycles. The van der Waals surface area contributed by atoms with Crippen LogP contribution in [0.25, 0.3) is 22.4 Å². The summed E-state index contributed by atoms with van der Waals surface area (Å²) in [7, 11) is 0. The number of ether oxygens (including phenoxy) is 1. The van der Waals surface area contributed by atoms with Crippen molar-refractivity contribution in [2.45, 2.75) is 0 Å². The molecule has 6 heteroatoms. The van der Waals surface area contributed by atoms with Gasteiger partial charge >= 0.3 is 0 Å². The number of para-hydroxylation sites is 2. The Morgan fingerprint density at radius 2 is 1.52 bits per heavy atom. The standard InChI is InChI=1S/C19H13N3O3/c23-22(24)14-7-11-16(12-8-14)25-15-9-5-13(6-10-15)19-20-17-3-1-2-4-18(17)21-19/h1-12H,(H,20,21). The third-order valence-electron chi connectivity index (χ3n) is 3.80. The lowest BCUT2D eigenvalue weighted by atomic mass is 10.2. The maximum absolute atomic E-state index is 10.7. The molecule has 0 saturated carbocycles. The molecule has 0 bridgehead atoms. The highest BCUT2D eigenvalue weighted by Crippen LogP contribution is 2.27. The minimum absolute atomic E-state index is 0.0348. The number of rotatable bonds is 4. The van der Waals surface area contributed by atoms with Gasteiger partial charge in [-0.05, 0) is 48.5 Å².